The van der Waals surface area contributed by atoms with Crippen LogP contribution in [0.25, 0.3) is 0 Å². The Kier molecular flexibility index (Phi) is 6.68. The highest BCUT2D eigenvalue weighted by Gasteiger charge is 2.10. The normalized spacial score (nSPS) is 10.2. The van der Waals surface area contributed by atoms with Gasteiger partial charge in [0.25, 0.3) is 11.8 Å². The molecule has 0 heterocycles. The fourth-order valence-corrected chi connectivity index (χ4v) is 3.19. The smallest absolute Gasteiger partial charge is 0.262 e. The summed E-state index contributed by atoms with van der Waals surface area (Å²) in [4.78, 5) is 24.5. The maximum atomic E-state index is 12.4. The number of nitrogens with one attached hydrogen (secondary N) is 2. The van der Waals surface area contributed by atoms with E-state index in [9.17, 15) is 9.59 Å². The standard InChI is InChI=1S/C21H16BrClN2O3/c22-18-12-15(23)9-10-19(18)28-13-20(26)24-17-8-4-5-14(11-17)21(27)25-16-6-2-1-3-7-16/h1-12H,13H2,(H,24,26)(H,25,27). The molecule has 0 spiro atoms. The highest BCUT2D eigenvalue weighted by atomic mass is 79.9. The van der Waals surface area contributed by atoms with Crippen molar-refractivity contribution in [2.45, 2.75) is 0 Å². The number of benzene rings is 3. The first-order valence-electron chi connectivity index (χ1n) is 8.35. The van der Waals surface area contributed by atoms with Crippen molar-refractivity contribution >= 4 is 50.7 Å². The van der Waals surface area contributed by atoms with Crippen LogP contribution in [0.3, 0.4) is 0 Å². The van der Waals surface area contributed by atoms with Crippen LogP contribution in [-0.2, 0) is 4.79 Å². The van der Waals surface area contributed by atoms with E-state index >= 15 is 0 Å². The minimum absolute atomic E-state index is 0.180. The zero-order valence-electron chi connectivity index (χ0n) is 14.6. The Balaban J connectivity index is 1.59. The number of para-hydroxylation sites is 1. The lowest BCUT2D eigenvalue weighted by Gasteiger charge is -2.10. The van der Waals surface area contributed by atoms with Gasteiger partial charge in [0.2, 0.25) is 0 Å². The van der Waals surface area contributed by atoms with E-state index in [2.05, 4.69) is 26.6 Å². The largest absolute Gasteiger partial charge is 0.483 e. The van der Waals surface area contributed by atoms with Crippen molar-refractivity contribution in [1.82, 2.24) is 0 Å². The third-order valence-electron chi connectivity index (χ3n) is 3.69. The molecule has 3 aromatic rings. The van der Waals surface area contributed by atoms with Crippen LogP contribution in [0.5, 0.6) is 5.75 Å². The molecular weight excluding hydrogens is 444 g/mol. The molecule has 0 aliphatic heterocycles. The molecule has 3 aromatic carbocycles. The number of anilines is 2. The van der Waals surface area contributed by atoms with Gasteiger partial charge in [0.15, 0.2) is 6.61 Å². The van der Waals surface area contributed by atoms with Crippen LogP contribution >= 0.6 is 27.5 Å². The van der Waals surface area contributed by atoms with Gasteiger partial charge in [-0.15, -0.1) is 0 Å². The second-order valence-electron chi connectivity index (χ2n) is 5.81. The number of hydrogen-bond donors (Lipinski definition) is 2. The van der Waals surface area contributed by atoms with Crippen molar-refractivity contribution in [3.05, 3.63) is 87.9 Å². The zero-order valence-corrected chi connectivity index (χ0v) is 17.0. The van der Waals surface area contributed by atoms with Gasteiger partial charge in [-0.25, -0.2) is 0 Å². The lowest BCUT2D eigenvalue weighted by Crippen LogP contribution is -2.20. The Hall–Kier alpha value is -2.83. The molecule has 0 aliphatic rings. The minimum Gasteiger partial charge on any atom is -0.483 e. The van der Waals surface area contributed by atoms with Crippen molar-refractivity contribution in [1.29, 1.82) is 0 Å². The quantitative estimate of drug-likeness (QED) is 0.520. The molecule has 0 unspecified atom stereocenters. The Morgan fingerprint density at radius 1 is 0.893 bits per heavy atom. The fourth-order valence-electron chi connectivity index (χ4n) is 2.40. The lowest BCUT2D eigenvalue weighted by atomic mass is 10.2. The van der Waals surface area contributed by atoms with E-state index in [1.807, 2.05) is 18.2 Å². The van der Waals surface area contributed by atoms with Gasteiger partial charge in [0, 0.05) is 22.0 Å². The molecule has 0 fully saturated rings. The molecule has 0 aliphatic carbocycles. The summed E-state index contributed by atoms with van der Waals surface area (Å²) in [7, 11) is 0. The third-order valence-corrected chi connectivity index (χ3v) is 4.55. The molecular formula is C21H16BrClN2O3. The molecule has 0 saturated carbocycles. The van der Waals surface area contributed by atoms with E-state index in [0.717, 1.165) is 0 Å². The van der Waals surface area contributed by atoms with Crippen LogP contribution in [0.15, 0.2) is 77.3 Å². The molecule has 2 amide bonds. The Labute approximate surface area is 175 Å². The average Bonchev–Trinajstić information content (AvgIpc) is 2.68. The van der Waals surface area contributed by atoms with Gasteiger partial charge in [0.1, 0.15) is 5.75 Å². The molecule has 142 valence electrons. The van der Waals surface area contributed by atoms with Crippen molar-refractivity contribution in [2.24, 2.45) is 0 Å². The first kappa shape index (κ1) is 19.9. The molecule has 28 heavy (non-hydrogen) atoms. The molecule has 2 N–H and O–H groups in total. The van der Waals surface area contributed by atoms with Crippen LogP contribution < -0.4 is 15.4 Å². The van der Waals surface area contributed by atoms with Crippen LogP contribution in [0.4, 0.5) is 11.4 Å². The molecule has 5 nitrogen and oxygen atoms in total. The van der Waals surface area contributed by atoms with Gasteiger partial charge in [0.05, 0.1) is 4.47 Å². The van der Waals surface area contributed by atoms with E-state index in [-0.39, 0.29) is 18.4 Å². The van der Waals surface area contributed by atoms with E-state index < -0.39 is 0 Å². The number of ether oxygens (including phenoxy) is 1. The van der Waals surface area contributed by atoms with Gasteiger partial charge >= 0.3 is 0 Å². The maximum Gasteiger partial charge on any atom is 0.262 e. The highest BCUT2D eigenvalue weighted by molar-refractivity contribution is 9.10. The predicted octanol–water partition coefficient (Wildman–Crippen LogP) is 5.37. The van der Waals surface area contributed by atoms with Gasteiger partial charge in [-0.1, -0.05) is 35.9 Å². The monoisotopic (exact) mass is 458 g/mol. The molecule has 0 saturated heterocycles. The number of amides is 2. The van der Waals surface area contributed by atoms with E-state index in [1.54, 1.807) is 54.6 Å². The first-order valence-corrected chi connectivity index (χ1v) is 9.52. The summed E-state index contributed by atoms with van der Waals surface area (Å²) in [5, 5.41) is 6.08. The SMILES string of the molecule is O=C(COc1ccc(Cl)cc1Br)Nc1cccc(C(=O)Nc2ccccc2)c1. The van der Waals surface area contributed by atoms with Crippen LogP contribution in [0.2, 0.25) is 5.02 Å². The molecule has 3 rings (SSSR count). The summed E-state index contributed by atoms with van der Waals surface area (Å²) in [6.07, 6.45) is 0. The van der Waals surface area contributed by atoms with E-state index in [1.165, 1.54) is 0 Å². The highest BCUT2D eigenvalue weighted by Crippen LogP contribution is 2.27. The number of hydrogen-bond acceptors (Lipinski definition) is 3. The second-order valence-corrected chi connectivity index (χ2v) is 7.10. The van der Waals surface area contributed by atoms with Gasteiger partial charge < -0.3 is 15.4 Å². The number of carbonyl (C=O) groups excluding carboxylic acids is 2. The Morgan fingerprint density at radius 3 is 2.39 bits per heavy atom. The lowest BCUT2D eigenvalue weighted by molar-refractivity contribution is -0.118. The second kappa shape index (κ2) is 9.39. The van der Waals surface area contributed by atoms with Crippen molar-refractivity contribution in [3.8, 4) is 5.75 Å². The van der Waals surface area contributed by atoms with Crippen molar-refractivity contribution < 1.29 is 14.3 Å². The van der Waals surface area contributed by atoms with Crippen molar-refractivity contribution in [2.75, 3.05) is 17.2 Å². The molecule has 0 aromatic heterocycles. The van der Waals surface area contributed by atoms with Gasteiger partial charge in [-0.3, -0.25) is 9.59 Å². The fraction of sp³-hybridized carbons (Fsp3) is 0.0476. The van der Waals surface area contributed by atoms with Gasteiger partial charge in [-0.2, -0.15) is 0 Å². The van der Waals surface area contributed by atoms with Crippen LogP contribution in [0.1, 0.15) is 10.4 Å². The molecule has 0 bridgehead atoms. The summed E-state index contributed by atoms with van der Waals surface area (Å²) in [5.74, 6) is -0.0957. The predicted molar refractivity (Wildman–Crippen MR) is 114 cm³/mol. The van der Waals surface area contributed by atoms with Crippen LogP contribution in [-0.4, -0.2) is 18.4 Å². The summed E-state index contributed by atoms with van der Waals surface area (Å²) in [6, 6.07) is 20.9. The third kappa shape index (κ3) is 5.58. The summed E-state index contributed by atoms with van der Waals surface area (Å²) in [6.45, 7) is -0.180. The molecule has 0 radical (unpaired) electrons. The Bertz CT molecular complexity index is 996. The molecule has 0 atom stereocenters. The number of halogens is 2. The summed E-state index contributed by atoms with van der Waals surface area (Å²) >= 11 is 9.21. The van der Waals surface area contributed by atoms with Crippen LogP contribution in [0, 0.1) is 0 Å². The molecule has 7 heteroatoms. The maximum absolute atomic E-state index is 12.4. The topological polar surface area (TPSA) is 67.4 Å². The Morgan fingerprint density at radius 2 is 1.64 bits per heavy atom. The zero-order chi connectivity index (χ0) is 19.9. The number of carbonyl (C=O) groups is 2. The van der Waals surface area contributed by atoms with Crippen molar-refractivity contribution in [3.63, 3.8) is 0 Å². The minimum atomic E-state index is -0.345. The first-order chi connectivity index (χ1) is 13.5. The summed E-state index contributed by atoms with van der Waals surface area (Å²) < 4.78 is 6.15. The summed E-state index contributed by atoms with van der Waals surface area (Å²) in [5.41, 5.74) is 1.64. The van der Waals surface area contributed by atoms with E-state index in [0.29, 0.717) is 32.2 Å². The number of rotatable bonds is 6. The van der Waals surface area contributed by atoms with E-state index in [4.69, 9.17) is 16.3 Å². The van der Waals surface area contributed by atoms with Gasteiger partial charge in [-0.05, 0) is 64.5 Å². The average molecular weight is 460 g/mol.